The first-order chi connectivity index (χ1) is 7.79. The van der Waals surface area contributed by atoms with E-state index in [0.29, 0.717) is 4.88 Å². The number of nitrogens with zero attached hydrogens (tertiary/aromatic N) is 1. The number of hydrogen-bond donors (Lipinski definition) is 2. The molecule has 1 aromatic rings. The molecule has 94 valence electrons. The number of alkyl halides is 3. The molecule has 0 saturated carbocycles. The number of rotatable bonds is 4. The van der Waals surface area contributed by atoms with Gasteiger partial charge in [0.2, 0.25) is 0 Å². The molecule has 0 aromatic carbocycles. The standard InChI is InChI=1S/C8H7F3N2O3S/c9-8(10,11)6(16)13-7-12-3-4(17-7)1-2-5(14)15/h3H,1-2H2,(H,14,15)(H,12,13,16). The molecule has 0 radical (unpaired) electrons. The molecule has 5 nitrogen and oxygen atoms in total. The predicted molar refractivity (Wildman–Crippen MR) is 52.8 cm³/mol. The van der Waals surface area contributed by atoms with E-state index in [1.165, 1.54) is 6.20 Å². The summed E-state index contributed by atoms with van der Waals surface area (Å²) in [7, 11) is 0. The lowest BCUT2D eigenvalue weighted by molar-refractivity contribution is -0.167. The van der Waals surface area contributed by atoms with Crippen molar-refractivity contribution in [3.05, 3.63) is 11.1 Å². The van der Waals surface area contributed by atoms with E-state index in [1.807, 2.05) is 0 Å². The average molecular weight is 268 g/mol. The Bertz CT molecular complexity index is 430. The number of aromatic nitrogens is 1. The van der Waals surface area contributed by atoms with Crippen LogP contribution in [0.3, 0.4) is 0 Å². The number of thiazole rings is 1. The Labute approximate surface area is 97.3 Å². The van der Waals surface area contributed by atoms with E-state index in [0.717, 1.165) is 11.3 Å². The summed E-state index contributed by atoms with van der Waals surface area (Å²) >= 11 is 0.813. The molecule has 0 aliphatic carbocycles. The predicted octanol–water partition coefficient (Wildman–Crippen LogP) is 1.66. The minimum Gasteiger partial charge on any atom is -0.481 e. The summed E-state index contributed by atoms with van der Waals surface area (Å²) in [5.41, 5.74) is 0. The number of nitrogens with one attached hydrogen (secondary N) is 1. The van der Waals surface area contributed by atoms with Crippen molar-refractivity contribution in [2.75, 3.05) is 5.32 Å². The van der Waals surface area contributed by atoms with Crippen molar-refractivity contribution in [2.45, 2.75) is 19.0 Å². The number of aryl methyl sites for hydroxylation is 1. The van der Waals surface area contributed by atoms with Crippen molar-refractivity contribution in [3.8, 4) is 0 Å². The number of carbonyl (C=O) groups excluding carboxylic acids is 1. The second-order valence-corrected chi connectivity index (χ2v) is 4.09. The SMILES string of the molecule is O=C(O)CCc1cnc(NC(=O)C(F)(F)F)s1. The van der Waals surface area contributed by atoms with E-state index in [2.05, 4.69) is 4.98 Å². The lowest BCUT2D eigenvalue weighted by Crippen LogP contribution is -2.29. The molecule has 1 amide bonds. The second-order valence-electron chi connectivity index (χ2n) is 2.98. The zero-order valence-electron chi connectivity index (χ0n) is 8.24. The first-order valence-electron chi connectivity index (χ1n) is 4.33. The highest BCUT2D eigenvalue weighted by Crippen LogP contribution is 2.22. The van der Waals surface area contributed by atoms with Crippen molar-refractivity contribution in [2.24, 2.45) is 0 Å². The summed E-state index contributed by atoms with van der Waals surface area (Å²) in [4.78, 5) is 24.8. The van der Waals surface area contributed by atoms with Gasteiger partial charge in [0.15, 0.2) is 5.13 Å². The van der Waals surface area contributed by atoms with Crippen LogP contribution in [0.25, 0.3) is 0 Å². The Kier molecular flexibility index (Phi) is 4.05. The van der Waals surface area contributed by atoms with Crippen LogP contribution in [0, 0.1) is 0 Å². The summed E-state index contributed by atoms with van der Waals surface area (Å²) in [6, 6.07) is 0. The van der Waals surface area contributed by atoms with Crippen LogP contribution < -0.4 is 5.32 Å². The van der Waals surface area contributed by atoms with Crippen LogP contribution in [0.5, 0.6) is 0 Å². The van der Waals surface area contributed by atoms with Gasteiger partial charge in [-0.15, -0.1) is 11.3 Å². The molecule has 0 aliphatic heterocycles. The van der Waals surface area contributed by atoms with Gasteiger partial charge in [0, 0.05) is 11.1 Å². The highest BCUT2D eigenvalue weighted by atomic mass is 32.1. The maximum Gasteiger partial charge on any atom is 0.471 e. The van der Waals surface area contributed by atoms with Crippen LogP contribution in [0.1, 0.15) is 11.3 Å². The van der Waals surface area contributed by atoms with Gasteiger partial charge in [0.25, 0.3) is 0 Å². The maximum atomic E-state index is 11.9. The Morgan fingerprint density at radius 3 is 2.65 bits per heavy atom. The molecular formula is C8H7F3N2O3S. The minimum absolute atomic E-state index is 0.144. The Morgan fingerprint density at radius 1 is 1.47 bits per heavy atom. The summed E-state index contributed by atoms with van der Waals surface area (Å²) in [6.07, 6.45) is -3.71. The first-order valence-corrected chi connectivity index (χ1v) is 5.15. The largest absolute Gasteiger partial charge is 0.481 e. The van der Waals surface area contributed by atoms with Crippen LogP contribution >= 0.6 is 11.3 Å². The monoisotopic (exact) mass is 268 g/mol. The third-order valence-corrected chi connectivity index (χ3v) is 2.59. The lowest BCUT2D eigenvalue weighted by atomic mass is 10.3. The van der Waals surface area contributed by atoms with Gasteiger partial charge in [0.05, 0.1) is 6.42 Å². The lowest BCUT2D eigenvalue weighted by Gasteiger charge is -2.03. The van der Waals surface area contributed by atoms with Crippen LogP contribution in [0.15, 0.2) is 6.20 Å². The van der Waals surface area contributed by atoms with Crippen LogP contribution in [0.4, 0.5) is 18.3 Å². The Hall–Kier alpha value is -1.64. The first kappa shape index (κ1) is 13.4. The van der Waals surface area contributed by atoms with Gasteiger partial charge in [-0.2, -0.15) is 13.2 Å². The summed E-state index contributed by atoms with van der Waals surface area (Å²) < 4.78 is 35.6. The average Bonchev–Trinajstić information content (AvgIpc) is 2.61. The Balaban J connectivity index is 2.57. The number of carboxylic acids is 1. The van der Waals surface area contributed by atoms with E-state index in [9.17, 15) is 22.8 Å². The molecule has 2 N–H and O–H groups in total. The van der Waals surface area contributed by atoms with Gasteiger partial charge in [0.1, 0.15) is 0 Å². The molecule has 0 fully saturated rings. The summed E-state index contributed by atoms with van der Waals surface area (Å²) in [6.45, 7) is 0. The molecule has 0 saturated heterocycles. The molecule has 0 bridgehead atoms. The minimum atomic E-state index is -4.97. The van der Waals surface area contributed by atoms with E-state index in [1.54, 1.807) is 5.32 Å². The van der Waals surface area contributed by atoms with E-state index >= 15 is 0 Å². The number of halogens is 3. The van der Waals surface area contributed by atoms with Crippen molar-refractivity contribution in [1.29, 1.82) is 0 Å². The molecule has 0 aliphatic rings. The number of carboxylic acid groups (broad SMARTS) is 1. The zero-order valence-corrected chi connectivity index (χ0v) is 9.06. The molecule has 0 spiro atoms. The molecule has 9 heteroatoms. The van der Waals surface area contributed by atoms with Crippen molar-refractivity contribution < 1.29 is 27.9 Å². The number of hydrogen-bond acceptors (Lipinski definition) is 4. The van der Waals surface area contributed by atoms with Gasteiger partial charge in [-0.1, -0.05) is 0 Å². The number of carbonyl (C=O) groups is 2. The fourth-order valence-electron chi connectivity index (χ4n) is 0.879. The topological polar surface area (TPSA) is 79.3 Å². The van der Waals surface area contributed by atoms with E-state index in [-0.39, 0.29) is 18.0 Å². The third-order valence-electron chi connectivity index (χ3n) is 1.62. The maximum absolute atomic E-state index is 11.9. The van der Waals surface area contributed by atoms with Crippen LogP contribution in [-0.4, -0.2) is 28.1 Å². The fourth-order valence-corrected chi connectivity index (χ4v) is 1.69. The van der Waals surface area contributed by atoms with E-state index < -0.39 is 18.1 Å². The molecule has 1 aromatic heterocycles. The van der Waals surface area contributed by atoms with Gasteiger partial charge in [-0.3, -0.25) is 14.9 Å². The highest BCUT2D eigenvalue weighted by molar-refractivity contribution is 7.15. The quantitative estimate of drug-likeness (QED) is 0.870. The van der Waals surface area contributed by atoms with Gasteiger partial charge < -0.3 is 5.11 Å². The van der Waals surface area contributed by atoms with Gasteiger partial charge >= 0.3 is 18.1 Å². The van der Waals surface area contributed by atoms with Crippen molar-refractivity contribution in [1.82, 2.24) is 4.98 Å². The van der Waals surface area contributed by atoms with Gasteiger partial charge in [-0.05, 0) is 6.42 Å². The Morgan fingerprint density at radius 2 is 2.12 bits per heavy atom. The fraction of sp³-hybridized carbons (Fsp3) is 0.375. The van der Waals surface area contributed by atoms with Crippen molar-refractivity contribution >= 4 is 28.3 Å². The number of aliphatic carboxylic acids is 1. The van der Waals surface area contributed by atoms with Crippen LogP contribution in [0.2, 0.25) is 0 Å². The molecule has 1 heterocycles. The normalized spacial score (nSPS) is 11.2. The summed E-state index contributed by atoms with van der Waals surface area (Å²) in [5, 5.41) is 9.78. The third kappa shape index (κ3) is 4.39. The number of amides is 1. The molecule has 0 unspecified atom stereocenters. The molecule has 17 heavy (non-hydrogen) atoms. The van der Waals surface area contributed by atoms with Gasteiger partial charge in [-0.25, -0.2) is 4.98 Å². The summed E-state index contributed by atoms with van der Waals surface area (Å²) in [5.74, 6) is -3.11. The van der Waals surface area contributed by atoms with Crippen LogP contribution in [-0.2, 0) is 16.0 Å². The second kappa shape index (κ2) is 5.13. The van der Waals surface area contributed by atoms with Crippen molar-refractivity contribution in [3.63, 3.8) is 0 Å². The molecular weight excluding hydrogens is 261 g/mol. The number of anilines is 1. The highest BCUT2D eigenvalue weighted by Gasteiger charge is 2.39. The smallest absolute Gasteiger partial charge is 0.471 e. The molecule has 1 rings (SSSR count). The van der Waals surface area contributed by atoms with E-state index in [4.69, 9.17) is 5.11 Å². The zero-order chi connectivity index (χ0) is 13.1. The molecule has 0 atom stereocenters.